The van der Waals surface area contributed by atoms with E-state index in [4.69, 9.17) is 4.74 Å². The van der Waals surface area contributed by atoms with Crippen molar-refractivity contribution in [3.63, 3.8) is 0 Å². The summed E-state index contributed by atoms with van der Waals surface area (Å²) in [6, 6.07) is 28.8. The maximum atomic E-state index is 14.0. The molecule has 218 valence electrons. The van der Waals surface area contributed by atoms with E-state index in [-0.39, 0.29) is 42.5 Å². The highest BCUT2D eigenvalue weighted by molar-refractivity contribution is 6.23. The van der Waals surface area contributed by atoms with Crippen molar-refractivity contribution in [1.29, 1.82) is 0 Å². The van der Waals surface area contributed by atoms with Gasteiger partial charge in [-0.1, -0.05) is 54.6 Å². The summed E-state index contributed by atoms with van der Waals surface area (Å²) in [5, 5.41) is 0. The smallest absolute Gasteiger partial charge is 0.316 e. The summed E-state index contributed by atoms with van der Waals surface area (Å²) >= 11 is 0. The predicted molar refractivity (Wildman–Crippen MR) is 164 cm³/mol. The molecule has 0 unspecified atom stereocenters. The number of hydrogen-bond acceptors (Lipinski definition) is 5. The van der Waals surface area contributed by atoms with E-state index >= 15 is 0 Å². The van der Waals surface area contributed by atoms with Crippen LogP contribution in [0.4, 0.5) is 11.4 Å². The number of amides is 3. The Bertz CT molecular complexity index is 1760. The van der Waals surface area contributed by atoms with Crippen molar-refractivity contribution in [2.45, 2.75) is 32.1 Å². The molecule has 44 heavy (non-hydrogen) atoms. The number of esters is 1. The van der Waals surface area contributed by atoms with Crippen LogP contribution in [0.1, 0.15) is 51.6 Å². The molecule has 0 aromatic heterocycles. The zero-order chi connectivity index (χ0) is 30.3. The molecule has 0 saturated carbocycles. The van der Waals surface area contributed by atoms with Gasteiger partial charge >= 0.3 is 5.97 Å². The third-order valence-electron chi connectivity index (χ3n) is 9.74. The molecule has 4 aromatic carbocycles. The zero-order valence-corrected chi connectivity index (χ0v) is 24.4. The van der Waals surface area contributed by atoms with Crippen molar-refractivity contribution < 1.29 is 23.9 Å². The number of hydrogen-bond donors (Lipinski definition) is 0. The van der Waals surface area contributed by atoms with Gasteiger partial charge in [-0.2, -0.15) is 0 Å². The highest BCUT2D eigenvalue weighted by Crippen LogP contribution is 2.61. The summed E-state index contributed by atoms with van der Waals surface area (Å²) in [6.45, 7) is 4.21. The number of rotatable bonds is 4. The molecule has 3 aliphatic carbocycles. The third-order valence-corrected chi connectivity index (χ3v) is 9.74. The monoisotopic (exact) mass is 582 g/mol. The molecule has 3 amide bonds. The number of aryl methyl sites for hydroxylation is 2. The summed E-state index contributed by atoms with van der Waals surface area (Å²) in [5.74, 6) is -2.54. The number of ether oxygens (including phenoxy) is 1. The van der Waals surface area contributed by atoms with E-state index in [0.717, 1.165) is 39.1 Å². The Morgan fingerprint density at radius 3 is 1.68 bits per heavy atom. The fourth-order valence-electron chi connectivity index (χ4n) is 8.02. The summed E-state index contributed by atoms with van der Waals surface area (Å²) in [5.41, 5.74) is 7.86. The van der Waals surface area contributed by atoms with Crippen LogP contribution in [0.3, 0.4) is 0 Å². The van der Waals surface area contributed by atoms with Gasteiger partial charge in [0.1, 0.15) is 5.75 Å². The molecule has 7 heteroatoms. The lowest BCUT2D eigenvalue weighted by Crippen LogP contribution is -2.41. The Morgan fingerprint density at radius 2 is 1.18 bits per heavy atom. The topological polar surface area (TPSA) is 84.0 Å². The number of imide groups is 1. The van der Waals surface area contributed by atoms with Crippen LogP contribution in [-0.2, 0) is 19.2 Å². The van der Waals surface area contributed by atoms with E-state index < -0.39 is 23.7 Å². The lowest BCUT2D eigenvalue weighted by atomic mass is 9.55. The second kappa shape index (κ2) is 9.74. The maximum absolute atomic E-state index is 14.0. The molecule has 7 nitrogen and oxygen atoms in total. The standard InChI is InChI=1S/C37H30N2O5/c1-20-15-21(2)17-24(16-20)38-19-22(18-30(38)40)37(43)44-25-13-11-23(12-14-25)39-35(41)33-31-26-7-3-4-8-27(26)32(34(33)36(39)42)29-10-6-5-9-28(29)31/h3-17,22,31-34H,18-19H2,1-2H3/t22-,31?,32?,33-,34+/m0/s1. The van der Waals surface area contributed by atoms with Crippen molar-refractivity contribution >= 4 is 35.1 Å². The van der Waals surface area contributed by atoms with Crippen molar-refractivity contribution in [2.24, 2.45) is 17.8 Å². The number of carbonyl (C=O) groups excluding carboxylic acids is 4. The average molecular weight is 583 g/mol. The molecule has 5 aliphatic rings. The summed E-state index contributed by atoms with van der Waals surface area (Å²) in [7, 11) is 0. The van der Waals surface area contributed by atoms with Crippen molar-refractivity contribution in [3.05, 3.63) is 124 Å². The lowest BCUT2D eigenvalue weighted by Gasteiger charge is -2.45. The van der Waals surface area contributed by atoms with Gasteiger partial charge in [0, 0.05) is 30.5 Å². The molecule has 2 heterocycles. The van der Waals surface area contributed by atoms with Crippen LogP contribution in [-0.4, -0.2) is 30.2 Å². The number of benzene rings is 4. The molecule has 0 N–H and O–H groups in total. The molecular formula is C37H30N2O5. The molecule has 2 bridgehead atoms. The maximum Gasteiger partial charge on any atom is 0.316 e. The first-order valence-electron chi connectivity index (χ1n) is 15.1. The van der Waals surface area contributed by atoms with Gasteiger partial charge in [0.2, 0.25) is 17.7 Å². The van der Waals surface area contributed by atoms with Crippen LogP contribution in [0.2, 0.25) is 0 Å². The van der Waals surface area contributed by atoms with E-state index in [1.807, 2.05) is 56.3 Å². The Labute approximate surface area is 255 Å². The van der Waals surface area contributed by atoms with Crippen LogP contribution < -0.4 is 14.5 Å². The number of carbonyl (C=O) groups is 4. The van der Waals surface area contributed by atoms with E-state index in [2.05, 4.69) is 24.3 Å². The van der Waals surface area contributed by atoms with Gasteiger partial charge in [0.25, 0.3) is 0 Å². The normalized spacial score (nSPS) is 24.8. The highest BCUT2D eigenvalue weighted by atomic mass is 16.5. The average Bonchev–Trinajstić information content (AvgIpc) is 3.54. The second-order valence-corrected chi connectivity index (χ2v) is 12.4. The van der Waals surface area contributed by atoms with E-state index in [1.54, 1.807) is 29.2 Å². The first-order valence-corrected chi connectivity index (χ1v) is 15.1. The largest absolute Gasteiger partial charge is 0.426 e. The molecule has 2 saturated heterocycles. The van der Waals surface area contributed by atoms with Crippen LogP contribution in [0.25, 0.3) is 0 Å². The Balaban J connectivity index is 1.02. The fourth-order valence-corrected chi connectivity index (χ4v) is 8.02. The Hall–Kier alpha value is -5.04. The molecule has 0 radical (unpaired) electrons. The summed E-state index contributed by atoms with van der Waals surface area (Å²) in [6.07, 6.45) is 0.0799. The van der Waals surface area contributed by atoms with Crippen molar-refractivity contribution in [2.75, 3.05) is 16.3 Å². The highest BCUT2D eigenvalue weighted by Gasteiger charge is 2.61. The van der Waals surface area contributed by atoms with Gasteiger partial charge in [0.15, 0.2) is 0 Å². The predicted octanol–water partition coefficient (Wildman–Crippen LogP) is 5.66. The number of anilines is 2. The first kappa shape index (κ1) is 26.6. The van der Waals surface area contributed by atoms with Gasteiger partial charge in [-0.3, -0.25) is 19.2 Å². The van der Waals surface area contributed by atoms with Crippen molar-refractivity contribution in [3.8, 4) is 5.75 Å². The van der Waals surface area contributed by atoms with Gasteiger partial charge in [-0.25, -0.2) is 4.90 Å². The summed E-state index contributed by atoms with van der Waals surface area (Å²) in [4.78, 5) is 56.8. The lowest BCUT2D eigenvalue weighted by molar-refractivity contribution is -0.139. The molecule has 0 spiro atoms. The molecule has 3 atom stereocenters. The summed E-state index contributed by atoms with van der Waals surface area (Å²) < 4.78 is 5.67. The minimum Gasteiger partial charge on any atom is -0.426 e. The molecular weight excluding hydrogens is 552 g/mol. The minimum atomic E-state index is -0.591. The van der Waals surface area contributed by atoms with Crippen LogP contribution in [0, 0.1) is 31.6 Å². The van der Waals surface area contributed by atoms with Gasteiger partial charge in [0.05, 0.1) is 23.4 Å². The van der Waals surface area contributed by atoms with Crippen LogP contribution in [0.5, 0.6) is 5.75 Å². The number of nitrogens with zero attached hydrogens (tertiary/aromatic N) is 2. The van der Waals surface area contributed by atoms with Crippen LogP contribution in [0.15, 0.2) is 91.0 Å². The SMILES string of the molecule is Cc1cc(C)cc(N2C[C@@H](C(=O)Oc3ccc(N4C(=O)[C@@H]5C6c7ccccc7C(c7ccccc76)[C@@H]5C4=O)cc3)CC2=O)c1. The quantitative estimate of drug-likeness (QED) is 0.176. The minimum absolute atomic E-state index is 0.0799. The van der Waals surface area contributed by atoms with Gasteiger partial charge in [-0.05, 0) is 83.6 Å². The Kier molecular flexibility index (Phi) is 5.88. The fraction of sp³-hybridized carbons (Fsp3) is 0.243. The molecule has 9 rings (SSSR count). The van der Waals surface area contributed by atoms with Gasteiger partial charge < -0.3 is 9.64 Å². The van der Waals surface area contributed by atoms with E-state index in [0.29, 0.717) is 11.4 Å². The van der Waals surface area contributed by atoms with Crippen molar-refractivity contribution in [1.82, 2.24) is 0 Å². The Morgan fingerprint density at radius 1 is 0.682 bits per heavy atom. The molecule has 4 aromatic rings. The zero-order valence-electron chi connectivity index (χ0n) is 24.4. The van der Waals surface area contributed by atoms with E-state index in [1.165, 1.54) is 4.90 Å². The second-order valence-electron chi connectivity index (χ2n) is 12.4. The first-order chi connectivity index (χ1) is 21.3. The van der Waals surface area contributed by atoms with Gasteiger partial charge in [-0.15, -0.1) is 0 Å². The van der Waals surface area contributed by atoms with Crippen LogP contribution >= 0.6 is 0 Å². The third kappa shape index (κ3) is 3.88. The molecule has 2 aliphatic heterocycles. The van der Waals surface area contributed by atoms with E-state index in [9.17, 15) is 19.2 Å². The molecule has 2 fully saturated rings.